The van der Waals surface area contributed by atoms with Crippen molar-refractivity contribution in [2.24, 2.45) is 0 Å². The van der Waals surface area contributed by atoms with E-state index in [2.05, 4.69) is 9.97 Å². The fraction of sp³-hybridized carbons (Fsp3) is 0.0833. The molecule has 92 valence electrons. The van der Waals surface area contributed by atoms with Crippen molar-refractivity contribution >= 4 is 17.5 Å². The molecule has 1 aromatic heterocycles. The monoisotopic (exact) mass is 264 g/mol. The second kappa shape index (κ2) is 5.59. The van der Waals surface area contributed by atoms with Crippen LogP contribution in [0.25, 0.3) is 0 Å². The highest BCUT2D eigenvalue weighted by molar-refractivity contribution is 7.99. The van der Waals surface area contributed by atoms with E-state index in [1.807, 2.05) is 0 Å². The Hall–Kier alpha value is -1.95. The maximum Gasteiger partial charge on any atom is 0.251 e. The summed E-state index contributed by atoms with van der Waals surface area (Å²) in [4.78, 5) is 29.2. The molecular formula is C12H9FN2O2S. The van der Waals surface area contributed by atoms with Gasteiger partial charge in [0.25, 0.3) is 5.56 Å². The number of aromatic amines is 1. The minimum Gasteiger partial charge on any atom is -0.301 e. The molecule has 2 rings (SSSR count). The summed E-state index contributed by atoms with van der Waals surface area (Å²) < 4.78 is 12.7. The molecule has 0 saturated carbocycles. The Morgan fingerprint density at radius 2 is 2.00 bits per heavy atom. The maximum absolute atomic E-state index is 12.7. The number of rotatable bonds is 4. The summed E-state index contributed by atoms with van der Waals surface area (Å²) in [6.45, 7) is 0. The Kier molecular flexibility index (Phi) is 3.88. The summed E-state index contributed by atoms with van der Waals surface area (Å²) in [7, 11) is 0. The summed E-state index contributed by atoms with van der Waals surface area (Å²) in [5.74, 6) is -0.391. The van der Waals surface area contributed by atoms with Crippen molar-refractivity contribution in [2.75, 3.05) is 5.75 Å². The van der Waals surface area contributed by atoms with Gasteiger partial charge in [-0.3, -0.25) is 9.59 Å². The average molecular weight is 264 g/mol. The topological polar surface area (TPSA) is 62.8 Å². The van der Waals surface area contributed by atoms with E-state index in [1.54, 1.807) is 0 Å². The first-order chi connectivity index (χ1) is 8.65. The number of halogens is 1. The lowest BCUT2D eigenvalue weighted by molar-refractivity contribution is 0.102. The van der Waals surface area contributed by atoms with E-state index in [0.29, 0.717) is 10.7 Å². The van der Waals surface area contributed by atoms with Crippen LogP contribution in [0, 0.1) is 5.82 Å². The molecule has 1 heterocycles. The number of ketones is 1. The molecule has 0 unspecified atom stereocenters. The first-order valence-electron chi connectivity index (χ1n) is 5.12. The van der Waals surface area contributed by atoms with Crippen molar-refractivity contribution in [3.8, 4) is 0 Å². The lowest BCUT2D eigenvalue weighted by Gasteiger charge is -2.00. The third kappa shape index (κ3) is 3.27. The van der Waals surface area contributed by atoms with E-state index >= 15 is 0 Å². The molecule has 18 heavy (non-hydrogen) atoms. The highest BCUT2D eigenvalue weighted by atomic mass is 32.2. The second-order valence-electron chi connectivity index (χ2n) is 3.46. The van der Waals surface area contributed by atoms with Gasteiger partial charge in [0.15, 0.2) is 10.9 Å². The van der Waals surface area contributed by atoms with Crippen LogP contribution in [-0.2, 0) is 0 Å². The van der Waals surface area contributed by atoms with Crippen LogP contribution in [0.4, 0.5) is 4.39 Å². The van der Waals surface area contributed by atoms with Gasteiger partial charge >= 0.3 is 0 Å². The van der Waals surface area contributed by atoms with Gasteiger partial charge in [-0.15, -0.1) is 0 Å². The van der Waals surface area contributed by atoms with Gasteiger partial charge < -0.3 is 4.98 Å². The molecule has 0 spiro atoms. The second-order valence-corrected chi connectivity index (χ2v) is 4.42. The Morgan fingerprint density at radius 1 is 1.28 bits per heavy atom. The van der Waals surface area contributed by atoms with Crippen LogP contribution < -0.4 is 5.56 Å². The number of aromatic nitrogens is 2. The van der Waals surface area contributed by atoms with Crippen molar-refractivity contribution < 1.29 is 9.18 Å². The summed E-state index contributed by atoms with van der Waals surface area (Å²) in [5.41, 5.74) is 0.170. The fourth-order valence-electron chi connectivity index (χ4n) is 1.28. The molecule has 0 aliphatic heterocycles. The molecule has 4 nitrogen and oxygen atoms in total. The predicted molar refractivity (Wildman–Crippen MR) is 66.3 cm³/mol. The van der Waals surface area contributed by atoms with Gasteiger partial charge in [0.05, 0.1) is 5.75 Å². The Bertz CT molecular complexity index is 610. The maximum atomic E-state index is 12.7. The molecule has 0 aliphatic carbocycles. The molecule has 0 radical (unpaired) electrons. The van der Waals surface area contributed by atoms with Gasteiger partial charge in [-0.25, -0.2) is 9.37 Å². The van der Waals surface area contributed by atoms with Crippen LogP contribution >= 0.6 is 11.8 Å². The Labute approximate surface area is 106 Å². The van der Waals surface area contributed by atoms with Crippen molar-refractivity contribution in [3.63, 3.8) is 0 Å². The van der Waals surface area contributed by atoms with Crippen LogP contribution in [0.2, 0.25) is 0 Å². The summed E-state index contributed by atoms with van der Waals surface area (Å²) in [6.07, 6.45) is 1.38. The Balaban J connectivity index is 2.00. The van der Waals surface area contributed by atoms with Crippen molar-refractivity contribution in [1.29, 1.82) is 0 Å². The number of carbonyl (C=O) groups is 1. The zero-order valence-electron chi connectivity index (χ0n) is 9.22. The molecule has 0 saturated heterocycles. The van der Waals surface area contributed by atoms with Crippen molar-refractivity contribution in [1.82, 2.24) is 9.97 Å². The molecule has 0 atom stereocenters. The third-order valence-corrected chi connectivity index (χ3v) is 3.04. The first kappa shape index (κ1) is 12.5. The number of hydrogen-bond donors (Lipinski definition) is 1. The van der Waals surface area contributed by atoms with Gasteiger partial charge in [-0.1, -0.05) is 11.8 Å². The van der Waals surface area contributed by atoms with Crippen molar-refractivity contribution in [2.45, 2.75) is 5.16 Å². The highest BCUT2D eigenvalue weighted by Crippen LogP contribution is 2.13. The standard InChI is InChI=1S/C12H9FN2O2S/c13-9-3-1-8(2-4-9)10(16)7-18-12-14-6-5-11(17)15-12/h1-6H,7H2,(H,14,15,17). The van der Waals surface area contributed by atoms with Gasteiger partial charge in [0.1, 0.15) is 5.82 Å². The first-order valence-corrected chi connectivity index (χ1v) is 6.10. The molecule has 2 aromatic rings. The zero-order chi connectivity index (χ0) is 13.0. The van der Waals surface area contributed by atoms with Crippen molar-refractivity contribution in [3.05, 3.63) is 58.3 Å². The summed E-state index contributed by atoms with van der Waals surface area (Å²) in [5, 5.41) is 0.387. The molecule has 1 N–H and O–H groups in total. The van der Waals surface area contributed by atoms with E-state index in [1.165, 1.54) is 36.5 Å². The largest absolute Gasteiger partial charge is 0.301 e. The molecule has 0 aliphatic rings. The summed E-state index contributed by atoms with van der Waals surface area (Å²) in [6, 6.07) is 6.63. The van der Waals surface area contributed by atoms with Gasteiger partial charge in [-0.05, 0) is 24.3 Å². The SMILES string of the molecule is O=C(CSc1nccc(=O)[nH]1)c1ccc(F)cc1. The number of thioether (sulfide) groups is 1. The number of Topliss-reactive ketones (excluding diaryl/α,β-unsaturated/α-hetero) is 1. The van der Waals surface area contributed by atoms with E-state index in [0.717, 1.165) is 11.8 Å². The number of nitrogens with zero attached hydrogens (tertiary/aromatic N) is 1. The van der Waals surface area contributed by atoms with Gasteiger partial charge in [0.2, 0.25) is 0 Å². The van der Waals surface area contributed by atoms with Crippen LogP contribution in [0.15, 0.2) is 46.5 Å². The third-order valence-electron chi connectivity index (χ3n) is 2.15. The number of H-pyrrole nitrogens is 1. The molecular weight excluding hydrogens is 255 g/mol. The minimum absolute atomic E-state index is 0.137. The van der Waals surface area contributed by atoms with Gasteiger partial charge in [-0.2, -0.15) is 0 Å². The lowest BCUT2D eigenvalue weighted by Crippen LogP contribution is -2.08. The summed E-state index contributed by atoms with van der Waals surface area (Å²) >= 11 is 1.13. The molecule has 1 aromatic carbocycles. The smallest absolute Gasteiger partial charge is 0.251 e. The number of hydrogen-bond acceptors (Lipinski definition) is 4. The van der Waals surface area contributed by atoms with E-state index in [4.69, 9.17) is 0 Å². The predicted octanol–water partition coefficient (Wildman–Crippen LogP) is 1.88. The van der Waals surface area contributed by atoms with E-state index < -0.39 is 0 Å². The lowest BCUT2D eigenvalue weighted by atomic mass is 10.1. The molecule has 0 amide bonds. The van der Waals surface area contributed by atoms with E-state index in [-0.39, 0.29) is 22.9 Å². The van der Waals surface area contributed by atoms with Crippen LogP contribution in [-0.4, -0.2) is 21.5 Å². The van der Waals surface area contributed by atoms with E-state index in [9.17, 15) is 14.0 Å². The quantitative estimate of drug-likeness (QED) is 0.520. The molecule has 0 fully saturated rings. The average Bonchev–Trinajstić information content (AvgIpc) is 2.37. The van der Waals surface area contributed by atoms with Gasteiger partial charge in [0, 0.05) is 17.8 Å². The van der Waals surface area contributed by atoms with Crippen LogP contribution in [0.3, 0.4) is 0 Å². The number of nitrogens with one attached hydrogen (secondary N) is 1. The molecule has 0 bridgehead atoms. The minimum atomic E-state index is -0.381. The number of carbonyl (C=O) groups excluding carboxylic acids is 1. The molecule has 6 heteroatoms. The number of benzene rings is 1. The normalized spacial score (nSPS) is 10.3. The van der Waals surface area contributed by atoms with Crippen LogP contribution in [0.1, 0.15) is 10.4 Å². The van der Waals surface area contributed by atoms with Crippen LogP contribution in [0.5, 0.6) is 0 Å². The fourth-order valence-corrected chi connectivity index (χ4v) is 2.02. The highest BCUT2D eigenvalue weighted by Gasteiger charge is 2.07. The Morgan fingerprint density at radius 3 is 2.67 bits per heavy atom. The zero-order valence-corrected chi connectivity index (χ0v) is 10.0.